The second kappa shape index (κ2) is 16.6. The number of thiophene rings is 1. The molecule has 254 valence electrons. The molecule has 3 aromatic carbocycles. The molecule has 0 N–H and O–H groups in total. The Bertz CT molecular complexity index is 1860. The number of unbranched alkanes of at least 4 members (excludes halogenated alkanes) is 2. The summed E-state index contributed by atoms with van der Waals surface area (Å²) in [6.45, 7) is 7.58. The van der Waals surface area contributed by atoms with Crippen LogP contribution in [0.4, 0.5) is 0 Å². The summed E-state index contributed by atoms with van der Waals surface area (Å²) >= 11 is 1.35. The lowest BCUT2D eigenvalue weighted by atomic mass is 9.97. The van der Waals surface area contributed by atoms with Gasteiger partial charge in [0.15, 0.2) is 25.5 Å². The molecule has 0 radical (unpaired) electrons. The fourth-order valence-corrected chi connectivity index (χ4v) is 9.99. The minimum absolute atomic E-state index is 0. The Kier molecular flexibility index (Phi) is 13.1. The third-order valence-electron chi connectivity index (χ3n) is 8.50. The van der Waals surface area contributed by atoms with Crippen LogP contribution in [0.25, 0.3) is 20.5 Å². The number of carbonyl (C=O) groups excluding carboxylic acids is 1. The molecule has 0 aliphatic carbocycles. The van der Waals surface area contributed by atoms with E-state index in [1.54, 1.807) is 54.6 Å². The van der Waals surface area contributed by atoms with Crippen LogP contribution in [0.5, 0.6) is 5.75 Å². The number of hydrogen-bond acceptors (Lipinski definition) is 8. The molecule has 11 heteroatoms. The minimum Gasteiger partial charge on any atom is -0.492 e. The third-order valence-corrected chi connectivity index (χ3v) is 13.3. The van der Waals surface area contributed by atoms with Gasteiger partial charge in [0, 0.05) is 32.6 Å². The first kappa shape index (κ1) is 37.1. The van der Waals surface area contributed by atoms with E-state index in [4.69, 9.17) is 4.74 Å². The molecule has 1 fully saturated rings. The van der Waals surface area contributed by atoms with Crippen molar-refractivity contribution in [2.75, 3.05) is 37.7 Å². The Morgan fingerprint density at radius 2 is 1.38 bits per heavy atom. The maximum Gasteiger partial charge on any atom is 0.195 e. The van der Waals surface area contributed by atoms with Crippen molar-refractivity contribution in [2.45, 2.75) is 68.6 Å². The van der Waals surface area contributed by atoms with Gasteiger partial charge in [-0.25, -0.2) is 16.8 Å². The summed E-state index contributed by atoms with van der Waals surface area (Å²) < 4.78 is 58.3. The SMILES string of the molecule is CCCCS(=O)(=O)c1ccc(-c2sc3cc(S(=O)(=O)CCCC)ccc3c2C(=O)c2ccc(OCCN3CCCCC3)cc2)cc1.Cl. The molecule has 4 aromatic rings. The lowest BCUT2D eigenvalue weighted by molar-refractivity contribution is 0.104. The van der Waals surface area contributed by atoms with E-state index in [1.165, 1.54) is 30.6 Å². The highest BCUT2D eigenvalue weighted by Crippen LogP contribution is 2.41. The molecule has 7 nitrogen and oxygen atoms in total. The van der Waals surface area contributed by atoms with E-state index in [-0.39, 0.29) is 39.5 Å². The van der Waals surface area contributed by atoms with Gasteiger partial charge in [0.2, 0.25) is 0 Å². The molecule has 0 saturated carbocycles. The fraction of sp³-hybridized carbons (Fsp3) is 0.417. The second-order valence-corrected chi connectivity index (χ2v) is 17.2. The average molecular weight is 718 g/mol. The zero-order chi connectivity index (χ0) is 32.7. The van der Waals surface area contributed by atoms with Gasteiger partial charge in [0.05, 0.1) is 21.3 Å². The number of piperidine rings is 1. The van der Waals surface area contributed by atoms with Crippen LogP contribution >= 0.6 is 23.7 Å². The number of halogens is 1. The number of ether oxygens (including phenoxy) is 1. The maximum atomic E-state index is 14.2. The van der Waals surface area contributed by atoms with Crippen LogP contribution < -0.4 is 4.74 Å². The van der Waals surface area contributed by atoms with Gasteiger partial charge in [0.25, 0.3) is 0 Å². The number of ketones is 1. The van der Waals surface area contributed by atoms with Crippen molar-refractivity contribution in [1.29, 1.82) is 0 Å². The van der Waals surface area contributed by atoms with E-state index < -0.39 is 19.7 Å². The molecular weight excluding hydrogens is 674 g/mol. The Balaban J connectivity index is 0.00000500. The number of fused-ring (bicyclic) bond motifs is 1. The number of rotatable bonds is 15. The van der Waals surface area contributed by atoms with Crippen LogP contribution in [0.15, 0.2) is 76.5 Å². The normalized spacial score (nSPS) is 14.2. The van der Waals surface area contributed by atoms with E-state index in [0.29, 0.717) is 56.9 Å². The second-order valence-electron chi connectivity index (χ2n) is 11.9. The van der Waals surface area contributed by atoms with Gasteiger partial charge < -0.3 is 4.74 Å². The summed E-state index contributed by atoms with van der Waals surface area (Å²) in [5.74, 6) is 0.662. The van der Waals surface area contributed by atoms with Gasteiger partial charge in [-0.3, -0.25) is 9.69 Å². The predicted octanol–water partition coefficient (Wildman–Crippen LogP) is 8.23. The van der Waals surface area contributed by atoms with E-state index in [2.05, 4.69) is 4.90 Å². The molecule has 47 heavy (non-hydrogen) atoms. The van der Waals surface area contributed by atoms with Gasteiger partial charge in [-0.2, -0.15) is 0 Å². The Morgan fingerprint density at radius 1 is 0.787 bits per heavy atom. The summed E-state index contributed by atoms with van der Waals surface area (Å²) in [7, 11) is -6.87. The van der Waals surface area contributed by atoms with Gasteiger partial charge in [0.1, 0.15) is 12.4 Å². The summed E-state index contributed by atoms with van der Waals surface area (Å²) in [6, 6.07) is 18.8. The van der Waals surface area contributed by atoms with E-state index >= 15 is 0 Å². The van der Waals surface area contributed by atoms with Crippen LogP contribution in [0.3, 0.4) is 0 Å². The number of carbonyl (C=O) groups is 1. The molecule has 0 bridgehead atoms. The van der Waals surface area contributed by atoms with Crippen molar-refractivity contribution in [3.8, 4) is 16.2 Å². The topological polar surface area (TPSA) is 97.8 Å². The quantitative estimate of drug-likeness (QED) is 0.114. The molecule has 0 unspecified atom stereocenters. The van der Waals surface area contributed by atoms with E-state index in [9.17, 15) is 21.6 Å². The Labute approximate surface area is 289 Å². The molecule has 1 aromatic heterocycles. The van der Waals surface area contributed by atoms with Crippen molar-refractivity contribution in [2.24, 2.45) is 0 Å². The smallest absolute Gasteiger partial charge is 0.195 e. The highest BCUT2D eigenvalue weighted by molar-refractivity contribution is 7.91. The first-order chi connectivity index (χ1) is 22.1. The van der Waals surface area contributed by atoms with E-state index in [1.807, 2.05) is 26.0 Å². The Morgan fingerprint density at radius 3 is 2.00 bits per heavy atom. The molecule has 5 rings (SSSR count). The number of likely N-dealkylation sites (tertiary alicyclic amines) is 1. The monoisotopic (exact) mass is 717 g/mol. The molecule has 0 amide bonds. The zero-order valence-corrected chi connectivity index (χ0v) is 30.3. The lowest BCUT2D eigenvalue weighted by Gasteiger charge is -2.26. The summed E-state index contributed by atoms with van der Waals surface area (Å²) in [5.41, 5.74) is 1.66. The molecule has 1 aliphatic rings. The van der Waals surface area contributed by atoms with Crippen molar-refractivity contribution in [1.82, 2.24) is 4.90 Å². The third kappa shape index (κ3) is 9.03. The molecule has 0 spiro atoms. The van der Waals surface area contributed by atoms with Crippen LogP contribution in [-0.2, 0) is 19.7 Å². The summed E-state index contributed by atoms with van der Waals surface area (Å²) in [4.78, 5) is 17.7. The lowest BCUT2D eigenvalue weighted by Crippen LogP contribution is -2.33. The van der Waals surface area contributed by atoms with Crippen LogP contribution in [-0.4, -0.2) is 65.3 Å². The Hall–Kier alpha value is -2.76. The van der Waals surface area contributed by atoms with Gasteiger partial charge in [-0.1, -0.05) is 51.3 Å². The van der Waals surface area contributed by atoms with Gasteiger partial charge >= 0.3 is 0 Å². The molecule has 2 heterocycles. The van der Waals surface area contributed by atoms with Crippen molar-refractivity contribution < 1.29 is 26.4 Å². The summed E-state index contributed by atoms with van der Waals surface area (Å²) in [5, 5.41) is 0.668. The fourth-order valence-electron chi connectivity index (χ4n) is 5.74. The predicted molar refractivity (Wildman–Crippen MR) is 194 cm³/mol. The molecule has 1 saturated heterocycles. The molecule has 0 atom stereocenters. The highest BCUT2D eigenvalue weighted by atomic mass is 35.5. The van der Waals surface area contributed by atoms with Crippen molar-refractivity contribution in [3.05, 3.63) is 77.9 Å². The van der Waals surface area contributed by atoms with Crippen molar-refractivity contribution in [3.63, 3.8) is 0 Å². The first-order valence-electron chi connectivity index (χ1n) is 16.3. The van der Waals surface area contributed by atoms with E-state index in [0.717, 1.165) is 32.5 Å². The number of nitrogens with zero attached hydrogens (tertiary/aromatic N) is 1. The highest BCUT2D eigenvalue weighted by Gasteiger charge is 2.24. The van der Waals surface area contributed by atoms with Gasteiger partial charge in [-0.15, -0.1) is 23.7 Å². The van der Waals surface area contributed by atoms with Gasteiger partial charge in [-0.05, 0) is 92.9 Å². The minimum atomic E-state index is -3.47. The number of benzene rings is 3. The van der Waals surface area contributed by atoms with Crippen LogP contribution in [0.2, 0.25) is 0 Å². The largest absolute Gasteiger partial charge is 0.492 e. The number of sulfone groups is 2. The zero-order valence-electron chi connectivity index (χ0n) is 27.1. The molecule has 1 aliphatic heterocycles. The van der Waals surface area contributed by atoms with Crippen molar-refractivity contribution >= 4 is 59.3 Å². The standard InChI is InChI=1S/C36H43NO6S3.ClH/c1-3-5-24-45(39,40)30-16-12-28(13-17-30)36-34(32-19-18-31(26-33(32)44-36)46(41,42)25-6-4-2)35(38)27-10-14-29(15-11-27)43-23-22-37-20-8-7-9-21-37;/h10-19,26H,3-9,20-25H2,1-2H3;1H. The number of hydrogen-bond donors (Lipinski definition) is 0. The van der Waals surface area contributed by atoms with Crippen LogP contribution in [0.1, 0.15) is 74.7 Å². The molecular formula is C36H44ClNO6S3. The first-order valence-corrected chi connectivity index (χ1v) is 20.4. The summed E-state index contributed by atoms with van der Waals surface area (Å²) in [6.07, 6.45) is 6.47. The maximum absolute atomic E-state index is 14.2. The average Bonchev–Trinajstić information content (AvgIpc) is 3.46. The van der Waals surface area contributed by atoms with Crippen LogP contribution in [0, 0.1) is 0 Å².